The van der Waals surface area contributed by atoms with E-state index in [1.165, 1.54) is 16.6 Å². The van der Waals surface area contributed by atoms with Gasteiger partial charge in [-0.05, 0) is 43.7 Å². The predicted octanol–water partition coefficient (Wildman–Crippen LogP) is 4.84. The molecule has 1 N–H and O–H groups in total. The lowest BCUT2D eigenvalue weighted by molar-refractivity contribution is -0.115. The van der Waals surface area contributed by atoms with Gasteiger partial charge in [-0.15, -0.1) is 21.5 Å². The van der Waals surface area contributed by atoms with Gasteiger partial charge >= 0.3 is 0 Å². The molecule has 0 radical (unpaired) electrons. The van der Waals surface area contributed by atoms with Crippen LogP contribution in [0.2, 0.25) is 0 Å². The molecule has 4 aromatic rings. The van der Waals surface area contributed by atoms with Crippen LogP contribution in [0.1, 0.15) is 42.2 Å². The van der Waals surface area contributed by atoms with Gasteiger partial charge in [0, 0.05) is 17.3 Å². The Balaban J connectivity index is 1.40. The first kappa shape index (κ1) is 20.9. The Kier molecular flexibility index (Phi) is 5.57. The number of nitrogens with one attached hydrogen (secondary N) is 1. The fourth-order valence-corrected chi connectivity index (χ4v) is 6.31. The molecule has 1 aliphatic rings. The van der Waals surface area contributed by atoms with Crippen LogP contribution < -0.4 is 5.32 Å². The van der Waals surface area contributed by atoms with Gasteiger partial charge in [-0.2, -0.15) is 5.26 Å². The Hall–Kier alpha value is -2.96. The summed E-state index contributed by atoms with van der Waals surface area (Å²) in [5, 5.41) is 23.1. The second-order valence-corrected chi connectivity index (χ2v) is 10.1. The normalized spacial score (nSPS) is 14.3. The first-order valence-corrected chi connectivity index (χ1v) is 12.4. The SMILES string of the molecule is CC[C@H](Sc1nnc2c3ccccc3n(C)c2n1)C(=O)Nc1sc2c(c1C#N)CCCC2. The first-order chi connectivity index (χ1) is 15.6. The first-order valence-electron chi connectivity index (χ1n) is 10.7. The highest BCUT2D eigenvalue weighted by molar-refractivity contribution is 8.00. The molecule has 0 saturated heterocycles. The Morgan fingerprint density at radius 1 is 1.31 bits per heavy atom. The Labute approximate surface area is 193 Å². The zero-order valence-electron chi connectivity index (χ0n) is 17.9. The maximum atomic E-state index is 13.1. The Morgan fingerprint density at radius 3 is 2.94 bits per heavy atom. The summed E-state index contributed by atoms with van der Waals surface area (Å²) in [7, 11) is 1.96. The Bertz CT molecular complexity index is 1380. The van der Waals surface area contributed by atoms with Crippen molar-refractivity contribution in [3.63, 3.8) is 0 Å². The highest BCUT2D eigenvalue weighted by atomic mass is 32.2. The molecule has 0 spiro atoms. The molecule has 9 heteroatoms. The van der Waals surface area contributed by atoms with Crippen LogP contribution in [0.25, 0.3) is 22.1 Å². The average molecular weight is 463 g/mol. The number of carbonyl (C=O) groups excluding carboxylic acids is 1. The topological polar surface area (TPSA) is 96.5 Å². The lowest BCUT2D eigenvalue weighted by Crippen LogP contribution is -2.24. The van der Waals surface area contributed by atoms with Gasteiger partial charge in [-0.1, -0.05) is 36.9 Å². The highest BCUT2D eigenvalue weighted by Crippen LogP contribution is 2.38. The monoisotopic (exact) mass is 462 g/mol. The molecule has 162 valence electrons. The van der Waals surface area contributed by atoms with E-state index in [2.05, 4.69) is 21.6 Å². The molecule has 5 rings (SSSR count). The number of para-hydroxylation sites is 1. The number of amides is 1. The second kappa shape index (κ2) is 8.52. The van der Waals surface area contributed by atoms with Gasteiger partial charge in [0.2, 0.25) is 11.1 Å². The molecule has 3 heterocycles. The van der Waals surface area contributed by atoms with Gasteiger partial charge in [-0.3, -0.25) is 4.79 Å². The molecule has 0 saturated carbocycles. The maximum absolute atomic E-state index is 13.1. The minimum Gasteiger partial charge on any atom is -0.327 e. The van der Waals surface area contributed by atoms with Crippen LogP contribution in [0.15, 0.2) is 29.4 Å². The predicted molar refractivity (Wildman–Crippen MR) is 128 cm³/mol. The third-order valence-electron chi connectivity index (χ3n) is 5.92. The van der Waals surface area contributed by atoms with Crippen molar-refractivity contribution < 1.29 is 4.79 Å². The molecular formula is C23H22N6OS2. The smallest absolute Gasteiger partial charge is 0.238 e. The summed E-state index contributed by atoms with van der Waals surface area (Å²) in [4.78, 5) is 19.0. The fourth-order valence-electron chi connectivity index (χ4n) is 4.26. The number of aromatic nitrogens is 4. The number of benzene rings is 1. The van der Waals surface area contributed by atoms with Crippen LogP contribution in [0.4, 0.5) is 5.00 Å². The lowest BCUT2D eigenvalue weighted by atomic mass is 9.96. The summed E-state index contributed by atoms with van der Waals surface area (Å²) >= 11 is 2.85. The van der Waals surface area contributed by atoms with Crippen LogP contribution >= 0.6 is 23.1 Å². The van der Waals surface area contributed by atoms with Gasteiger partial charge in [-0.25, -0.2) is 4.98 Å². The van der Waals surface area contributed by atoms with Crippen molar-refractivity contribution in [1.82, 2.24) is 19.7 Å². The van der Waals surface area contributed by atoms with E-state index >= 15 is 0 Å². The van der Waals surface area contributed by atoms with E-state index in [0.29, 0.717) is 22.1 Å². The number of thioether (sulfide) groups is 1. The van der Waals surface area contributed by atoms with Crippen LogP contribution in [0, 0.1) is 11.3 Å². The molecule has 0 fully saturated rings. The molecular weight excluding hydrogens is 440 g/mol. The van der Waals surface area contributed by atoms with Crippen molar-refractivity contribution in [1.29, 1.82) is 5.26 Å². The van der Waals surface area contributed by atoms with E-state index in [1.807, 2.05) is 42.8 Å². The minimum atomic E-state index is -0.380. The molecule has 7 nitrogen and oxygen atoms in total. The Morgan fingerprint density at radius 2 is 2.12 bits per heavy atom. The van der Waals surface area contributed by atoms with E-state index in [9.17, 15) is 10.1 Å². The van der Waals surface area contributed by atoms with Crippen LogP contribution in [0.3, 0.4) is 0 Å². The van der Waals surface area contributed by atoms with E-state index in [4.69, 9.17) is 4.98 Å². The van der Waals surface area contributed by atoms with E-state index < -0.39 is 0 Å². The van der Waals surface area contributed by atoms with E-state index in [-0.39, 0.29) is 11.2 Å². The lowest BCUT2D eigenvalue weighted by Gasteiger charge is -2.13. The number of nitriles is 1. The summed E-state index contributed by atoms with van der Waals surface area (Å²) < 4.78 is 2.00. The standard InChI is InChI=1S/C23H22N6OS2/c1-3-17(21(30)26-22-15(12-24)13-8-5-7-11-18(13)31-22)32-23-25-20-19(27-28-23)14-9-4-6-10-16(14)29(20)2/h4,6,9-10,17H,3,5,7-8,11H2,1-2H3,(H,26,30)/t17-/m0/s1. The third kappa shape index (κ3) is 3.53. The second-order valence-electron chi connectivity index (χ2n) is 7.87. The number of anilines is 1. The van der Waals surface area contributed by atoms with Crippen molar-refractivity contribution in [2.45, 2.75) is 49.4 Å². The molecule has 1 aromatic carbocycles. The summed E-state index contributed by atoms with van der Waals surface area (Å²) in [6.07, 6.45) is 4.75. The van der Waals surface area contributed by atoms with Gasteiger partial charge < -0.3 is 9.88 Å². The number of hydrogen-bond donors (Lipinski definition) is 1. The largest absolute Gasteiger partial charge is 0.327 e. The molecule has 1 atom stereocenters. The minimum absolute atomic E-state index is 0.131. The molecule has 32 heavy (non-hydrogen) atoms. The van der Waals surface area contributed by atoms with Crippen molar-refractivity contribution >= 4 is 56.1 Å². The van der Waals surface area contributed by atoms with E-state index in [0.717, 1.165) is 53.3 Å². The molecule has 1 aliphatic carbocycles. The van der Waals surface area contributed by atoms with Crippen molar-refractivity contribution in [2.75, 3.05) is 5.32 Å². The van der Waals surface area contributed by atoms with Crippen LogP contribution in [0.5, 0.6) is 0 Å². The quantitative estimate of drug-likeness (QED) is 0.426. The number of fused-ring (bicyclic) bond motifs is 4. The zero-order valence-corrected chi connectivity index (χ0v) is 19.5. The summed E-state index contributed by atoms with van der Waals surface area (Å²) in [5.41, 5.74) is 4.30. The average Bonchev–Trinajstić information content (AvgIpc) is 3.32. The number of thiophene rings is 1. The van der Waals surface area contributed by atoms with Gasteiger partial charge in [0.25, 0.3) is 0 Å². The number of carbonyl (C=O) groups is 1. The molecule has 0 bridgehead atoms. The number of hydrogen-bond acceptors (Lipinski definition) is 7. The highest BCUT2D eigenvalue weighted by Gasteiger charge is 2.26. The van der Waals surface area contributed by atoms with Crippen LogP contribution in [-0.2, 0) is 24.7 Å². The van der Waals surface area contributed by atoms with Gasteiger partial charge in [0.05, 0.1) is 16.3 Å². The summed E-state index contributed by atoms with van der Waals surface area (Å²) in [6.45, 7) is 1.96. The molecule has 0 unspecified atom stereocenters. The number of aryl methyl sites for hydroxylation is 2. The van der Waals surface area contributed by atoms with Crippen molar-refractivity contribution in [3.8, 4) is 6.07 Å². The summed E-state index contributed by atoms with van der Waals surface area (Å²) in [6, 6.07) is 10.3. The number of nitrogens with zero attached hydrogens (tertiary/aromatic N) is 5. The zero-order chi connectivity index (χ0) is 22.2. The summed E-state index contributed by atoms with van der Waals surface area (Å²) in [5.74, 6) is -0.131. The number of rotatable bonds is 5. The fraction of sp³-hybridized carbons (Fsp3) is 0.348. The molecule has 3 aromatic heterocycles. The van der Waals surface area contributed by atoms with E-state index in [1.54, 1.807) is 11.3 Å². The molecule has 0 aliphatic heterocycles. The maximum Gasteiger partial charge on any atom is 0.238 e. The third-order valence-corrected chi connectivity index (χ3v) is 8.34. The molecule has 1 amide bonds. The van der Waals surface area contributed by atoms with Crippen molar-refractivity contribution in [2.24, 2.45) is 7.05 Å². The van der Waals surface area contributed by atoms with Gasteiger partial charge in [0.1, 0.15) is 16.6 Å². The van der Waals surface area contributed by atoms with Crippen LogP contribution in [-0.4, -0.2) is 30.9 Å². The van der Waals surface area contributed by atoms with Gasteiger partial charge in [0.15, 0.2) is 5.65 Å². The van der Waals surface area contributed by atoms with Crippen molar-refractivity contribution in [3.05, 3.63) is 40.3 Å².